The van der Waals surface area contributed by atoms with Crippen LogP contribution >= 0.6 is 24.0 Å². The summed E-state index contributed by atoms with van der Waals surface area (Å²) < 4.78 is 2.16. The highest BCUT2D eigenvalue weighted by Crippen LogP contribution is 2.47. The van der Waals surface area contributed by atoms with E-state index in [-0.39, 0.29) is 24.0 Å². The first kappa shape index (κ1) is 19.8. The predicted octanol–water partition coefficient (Wildman–Crippen LogP) is 3.84. The molecule has 2 unspecified atom stereocenters. The van der Waals surface area contributed by atoms with Gasteiger partial charge in [-0.3, -0.25) is 4.99 Å². The molecule has 0 radical (unpaired) electrons. The lowest BCUT2D eigenvalue weighted by atomic mass is 10.1. The predicted molar refractivity (Wildman–Crippen MR) is 116 cm³/mol. The fraction of sp³-hybridized carbons (Fsp3) is 0.450. The van der Waals surface area contributed by atoms with Gasteiger partial charge in [0, 0.05) is 39.1 Å². The third kappa shape index (κ3) is 5.23. The zero-order valence-corrected chi connectivity index (χ0v) is 17.7. The fourth-order valence-corrected chi connectivity index (χ4v) is 3.21. The van der Waals surface area contributed by atoms with E-state index in [1.807, 2.05) is 0 Å². The van der Waals surface area contributed by atoms with Crippen molar-refractivity contribution in [2.24, 2.45) is 18.0 Å². The van der Waals surface area contributed by atoms with E-state index in [0.717, 1.165) is 25.6 Å². The van der Waals surface area contributed by atoms with E-state index >= 15 is 0 Å². The van der Waals surface area contributed by atoms with Gasteiger partial charge in [-0.05, 0) is 42.9 Å². The number of aromatic nitrogens is 1. The van der Waals surface area contributed by atoms with Crippen LogP contribution in [0.15, 0.2) is 53.7 Å². The highest BCUT2D eigenvalue weighted by molar-refractivity contribution is 14.0. The second-order valence-electron chi connectivity index (χ2n) is 6.67. The number of halogens is 1. The van der Waals surface area contributed by atoms with Crippen molar-refractivity contribution < 1.29 is 0 Å². The quantitative estimate of drug-likeness (QED) is 0.411. The number of benzene rings is 1. The molecule has 2 aromatic rings. The van der Waals surface area contributed by atoms with Crippen molar-refractivity contribution in [2.45, 2.75) is 25.8 Å². The Balaban J connectivity index is 0.00000225. The molecule has 136 valence electrons. The van der Waals surface area contributed by atoms with Crippen LogP contribution < -0.4 is 5.32 Å². The zero-order chi connectivity index (χ0) is 16.9. The lowest BCUT2D eigenvalue weighted by molar-refractivity contribution is 0.461. The summed E-state index contributed by atoms with van der Waals surface area (Å²) >= 11 is 0. The van der Waals surface area contributed by atoms with Gasteiger partial charge >= 0.3 is 0 Å². The third-order valence-corrected chi connectivity index (χ3v) is 4.77. The molecule has 0 saturated heterocycles. The second kappa shape index (κ2) is 9.27. The van der Waals surface area contributed by atoms with Crippen LogP contribution in [0.1, 0.15) is 30.5 Å². The molecule has 1 aliphatic carbocycles. The number of aliphatic imine (C=N–C) groups is 1. The van der Waals surface area contributed by atoms with Crippen molar-refractivity contribution in [2.75, 3.05) is 20.1 Å². The summed E-state index contributed by atoms with van der Waals surface area (Å²) in [6, 6.07) is 15.1. The van der Waals surface area contributed by atoms with Gasteiger partial charge in [0.1, 0.15) is 0 Å². The van der Waals surface area contributed by atoms with Gasteiger partial charge in [-0.1, -0.05) is 30.3 Å². The Labute approximate surface area is 168 Å². The van der Waals surface area contributed by atoms with Crippen LogP contribution in [-0.2, 0) is 13.6 Å². The minimum Gasteiger partial charge on any atom is -0.357 e. The largest absolute Gasteiger partial charge is 0.357 e. The molecule has 0 bridgehead atoms. The highest BCUT2D eigenvalue weighted by Gasteiger charge is 2.37. The van der Waals surface area contributed by atoms with Crippen molar-refractivity contribution in [3.63, 3.8) is 0 Å². The highest BCUT2D eigenvalue weighted by atomic mass is 127. The zero-order valence-electron chi connectivity index (χ0n) is 15.4. The Morgan fingerprint density at radius 1 is 1.24 bits per heavy atom. The number of nitrogens with one attached hydrogen (secondary N) is 1. The molecule has 1 aromatic carbocycles. The van der Waals surface area contributed by atoms with Crippen LogP contribution in [-0.4, -0.2) is 35.6 Å². The Kier molecular flexibility index (Phi) is 7.35. The average molecular weight is 452 g/mol. The first-order chi connectivity index (χ1) is 11.7. The number of rotatable bonds is 6. The Bertz CT molecular complexity index is 680. The van der Waals surface area contributed by atoms with E-state index in [9.17, 15) is 0 Å². The lowest BCUT2D eigenvalue weighted by Crippen LogP contribution is -2.39. The summed E-state index contributed by atoms with van der Waals surface area (Å²) in [5.41, 5.74) is 2.75. The van der Waals surface area contributed by atoms with E-state index in [0.29, 0.717) is 11.8 Å². The maximum atomic E-state index is 4.88. The topological polar surface area (TPSA) is 32.6 Å². The monoisotopic (exact) mass is 452 g/mol. The SMILES string of the molecule is CCNC(=NCC1CC1c1ccccc1)N(C)Cc1cccn1C.I. The van der Waals surface area contributed by atoms with Crippen LogP contribution in [0, 0.1) is 5.92 Å². The van der Waals surface area contributed by atoms with Gasteiger partial charge in [0.25, 0.3) is 0 Å². The first-order valence-corrected chi connectivity index (χ1v) is 8.83. The summed E-state index contributed by atoms with van der Waals surface area (Å²) in [7, 11) is 4.19. The summed E-state index contributed by atoms with van der Waals surface area (Å²) in [6.07, 6.45) is 3.34. The van der Waals surface area contributed by atoms with Gasteiger partial charge < -0.3 is 14.8 Å². The second-order valence-corrected chi connectivity index (χ2v) is 6.67. The van der Waals surface area contributed by atoms with Crippen molar-refractivity contribution in [3.8, 4) is 0 Å². The fourth-order valence-electron chi connectivity index (χ4n) is 3.21. The van der Waals surface area contributed by atoms with Gasteiger partial charge in [-0.15, -0.1) is 24.0 Å². The summed E-state index contributed by atoms with van der Waals surface area (Å²) in [5.74, 6) is 2.37. The van der Waals surface area contributed by atoms with Gasteiger partial charge in [-0.25, -0.2) is 0 Å². The molecule has 1 fully saturated rings. The molecule has 1 N–H and O–H groups in total. The number of hydrogen-bond donors (Lipinski definition) is 1. The molecule has 5 heteroatoms. The molecule has 0 amide bonds. The van der Waals surface area contributed by atoms with Crippen LogP contribution in [0.5, 0.6) is 0 Å². The summed E-state index contributed by atoms with van der Waals surface area (Å²) in [6.45, 7) is 4.78. The third-order valence-electron chi connectivity index (χ3n) is 4.77. The minimum atomic E-state index is 0. The van der Waals surface area contributed by atoms with Gasteiger partial charge in [0.05, 0.1) is 6.54 Å². The molecule has 0 spiro atoms. The standard InChI is InChI=1S/C20H28N4.HI/c1-4-21-20(24(3)15-18-11-8-12-23(18)2)22-14-17-13-19(17)16-9-6-5-7-10-16;/h5-12,17,19H,4,13-15H2,1-3H3,(H,21,22);1H. The normalized spacial score (nSPS) is 19.2. The Morgan fingerprint density at radius 2 is 2.00 bits per heavy atom. The molecular weight excluding hydrogens is 423 g/mol. The van der Waals surface area contributed by atoms with Crippen LogP contribution in [0.4, 0.5) is 0 Å². The van der Waals surface area contributed by atoms with Crippen molar-refractivity contribution in [1.29, 1.82) is 0 Å². The maximum Gasteiger partial charge on any atom is 0.194 e. The van der Waals surface area contributed by atoms with Gasteiger partial charge in [0.2, 0.25) is 0 Å². The molecule has 1 heterocycles. The molecule has 2 atom stereocenters. The minimum absolute atomic E-state index is 0. The van der Waals surface area contributed by atoms with E-state index in [2.05, 4.69) is 84.5 Å². The number of aryl methyl sites for hydroxylation is 1. The number of guanidine groups is 1. The molecule has 4 nitrogen and oxygen atoms in total. The summed E-state index contributed by atoms with van der Waals surface area (Å²) in [4.78, 5) is 7.09. The molecule has 25 heavy (non-hydrogen) atoms. The van der Waals surface area contributed by atoms with E-state index < -0.39 is 0 Å². The number of nitrogens with zero attached hydrogens (tertiary/aromatic N) is 3. The summed E-state index contributed by atoms with van der Waals surface area (Å²) in [5, 5.41) is 3.42. The van der Waals surface area contributed by atoms with Crippen molar-refractivity contribution >= 4 is 29.9 Å². The van der Waals surface area contributed by atoms with Gasteiger partial charge in [0.15, 0.2) is 5.96 Å². The van der Waals surface area contributed by atoms with Crippen LogP contribution in [0.2, 0.25) is 0 Å². The van der Waals surface area contributed by atoms with Crippen molar-refractivity contribution in [3.05, 3.63) is 59.9 Å². The molecule has 0 aliphatic heterocycles. The average Bonchev–Trinajstić information content (AvgIpc) is 3.27. The Hall–Kier alpha value is -1.50. The maximum absolute atomic E-state index is 4.88. The molecule has 1 aromatic heterocycles. The lowest BCUT2D eigenvalue weighted by Gasteiger charge is -2.22. The van der Waals surface area contributed by atoms with Crippen molar-refractivity contribution in [1.82, 2.24) is 14.8 Å². The van der Waals surface area contributed by atoms with Gasteiger partial charge in [-0.2, -0.15) is 0 Å². The molecular formula is C20H29IN4. The van der Waals surface area contributed by atoms with E-state index in [1.165, 1.54) is 17.7 Å². The molecule has 1 saturated carbocycles. The Morgan fingerprint density at radius 3 is 2.64 bits per heavy atom. The smallest absolute Gasteiger partial charge is 0.194 e. The van der Waals surface area contributed by atoms with Crippen LogP contribution in [0.3, 0.4) is 0 Å². The molecule has 1 aliphatic rings. The molecule has 3 rings (SSSR count). The van der Waals surface area contributed by atoms with E-state index in [4.69, 9.17) is 4.99 Å². The van der Waals surface area contributed by atoms with Crippen LogP contribution in [0.25, 0.3) is 0 Å². The number of hydrogen-bond acceptors (Lipinski definition) is 1. The first-order valence-electron chi connectivity index (χ1n) is 8.83. The van der Waals surface area contributed by atoms with E-state index in [1.54, 1.807) is 0 Å².